The Hall–Kier alpha value is -1.14. The zero-order valence-corrected chi connectivity index (χ0v) is 17.6. The first kappa shape index (κ1) is 17.9. The van der Waals surface area contributed by atoms with E-state index in [0.29, 0.717) is 11.8 Å². The van der Waals surface area contributed by atoms with Gasteiger partial charge < -0.3 is 9.47 Å². The molecule has 0 aromatic rings. The topological polar surface area (TPSA) is 52.6 Å². The highest BCUT2D eigenvalue weighted by Gasteiger charge is 2.91. The van der Waals surface area contributed by atoms with Crippen molar-refractivity contribution in [3.63, 3.8) is 0 Å². The molecular weight excluding hydrogens is 380 g/mol. The van der Waals surface area contributed by atoms with E-state index in [-0.39, 0.29) is 35.6 Å². The van der Waals surface area contributed by atoms with E-state index in [2.05, 4.69) is 36.8 Å². The highest BCUT2D eigenvalue weighted by molar-refractivity contribution is 8.21. The van der Waals surface area contributed by atoms with Gasteiger partial charge in [0.1, 0.15) is 0 Å². The van der Waals surface area contributed by atoms with Crippen molar-refractivity contribution in [1.82, 2.24) is 0 Å². The van der Waals surface area contributed by atoms with Gasteiger partial charge in [-0.15, -0.1) is 23.5 Å². The first-order valence-electron chi connectivity index (χ1n) is 9.41. The second-order valence-electron chi connectivity index (χ2n) is 8.21. The van der Waals surface area contributed by atoms with E-state index < -0.39 is 10.8 Å². The summed E-state index contributed by atoms with van der Waals surface area (Å²) >= 11 is 3.42. The summed E-state index contributed by atoms with van der Waals surface area (Å²) in [5, 5.41) is 0. The molecule has 0 saturated heterocycles. The van der Waals surface area contributed by atoms with Crippen LogP contribution in [0.25, 0.3) is 0 Å². The smallest absolute Gasteiger partial charge is 0.314 e. The first-order chi connectivity index (χ1) is 13.0. The number of fused-ring (bicyclic) bond motifs is 12. The number of thioether (sulfide) groups is 2. The molecule has 4 bridgehead atoms. The summed E-state index contributed by atoms with van der Waals surface area (Å²) in [4.78, 5) is 26.9. The van der Waals surface area contributed by atoms with Crippen molar-refractivity contribution in [2.75, 3.05) is 26.7 Å². The van der Waals surface area contributed by atoms with E-state index in [9.17, 15) is 9.59 Å². The van der Waals surface area contributed by atoms with Crippen molar-refractivity contribution >= 4 is 35.5 Å². The van der Waals surface area contributed by atoms with Crippen molar-refractivity contribution in [3.8, 4) is 0 Å². The Morgan fingerprint density at radius 1 is 0.889 bits per heavy atom. The monoisotopic (exact) mass is 404 g/mol. The molecule has 5 aliphatic rings. The average molecular weight is 405 g/mol. The van der Waals surface area contributed by atoms with Crippen molar-refractivity contribution in [3.05, 3.63) is 34.1 Å². The third kappa shape index (κ3) is 1.61. The predicted octanol–water partition coefficient (Wildman–Crippen LogP) is 3.51. The number of allylic oxidation sites excluding steroid dienone is 5. The summed E-state index contributed by atoms with van der Waals surface area (Å²) in [5.74, 6) is 0.446. The van der Waals surface area contributed by atoms with Crippen molar-refractivity contribution in [2.45, 2.75) is 6.42 Å². The van der Waals surface area contributed by atoms with Gasteiger partial charge in [-0.2, -0.15) is 0 Å². The Kier molecular flexibility index (Phi) is 3.78. The highest BCUT2D eigenvalue weighted by atomic mass is 32.2. The highest BCUT2D eigenvalue weighted by Crippen LogP contribution is 2.87. The zero-order valence-electron chi connectivity index (χ0n) is 15.9. The van der Waals surface area contributed by atoms with Crippen molar-refractivity contribution in [1.29, 1.82) is 0 Å². The second-order valence-corrected chi connectivity index (χ2v) is 10.1. The Balaban J connectivity index is 1.82. The molecule has 4 nitrogen and oxygen atoms in total. The van der Waals surface area contributed by atoms with E-state index >= 15 is 0 Å². The van der Waals surface area contributed by atoms with Gasteiger partial charge in [-0.1, -0.05) is 24.3 Å². The summed E-state index contributed by atoms with van der Waals surface area (Å²) in [7, 11) is 2.91. The molecule has 0 radical (unpaired) electrons. The summed E-state index contributed by atoms with van der Waals surface area (Å²) in [6.07, 6.45) is 14.0. The molecule has 3 saturated carbocycles. The molecule has 0 spiro atoms. The Labute approximate surface area is 168 Å². The maximum atomic E-state index is 13.5. The van der Waals surface area contributed by atoms with Gasteiger partial charge in [-0.05, 0) is 48.2 Å². The van der Waals surface area contributed by atoms with Crippen LogP contribution in [0.4, 0.5) is 0 Å². The summed E-state index contributed by atoms with van der Waals surface area (Å²) < 4.78 is 12.0. The Bertz CT molecular complexity index is 768. The second kappa shape index (κ2) is 5.69. The molecule has 5 aliphatic carbocycles. The molecule has 144 valence electrons. The number of hydrogen-bond donors (Lipinski definition) is 0. The van der Waals surface area contributed by atoms with E-state index in [4.69, 9.17) is 9.47 Å². The van der Waals surface area contributed by atoms with Crippen LogP contribution in [-0.2, 0) is 19.1 Å². The van der Waals surface area contributed by atoms with Crippen LogP contribution >= 0.6 is 23.5 Å². The normalized spacial score (nSPS) is 46.9. The van der Waals surface area contributed by atoms with Crippen LogP contribution in [-0.4, -0.2) is 38.7 Å². The fourth-order valence-electron chi connectivity index (χ4n) is 7.64. The SMILES string of the molecule is COC(=O)[C@@]12[C@@H]3[C@@H]([C@H]4C=C[C@@H]3C4)[C@]1(C(=O)OC)[C@H]1C=C[C@@H]2C1=C(SC)SC. The van der Waals surface area contributed by atoms with E-state index in [1.807, 2.05) is 0 Å². The van der Waals surface area contributed by atoms with Crippen molar-refractivity contribution < 1.29 is 19.1 Å². The molecule has 0 unspecified atom stereocenters. The van der Waals surface area contributed by atoms with Gasteiger partial charge in [0, 0.05) is 16.1 Å². The van der Waals surface area contributed by atoms with Crippen molar-refractivity contribution in [2.24, 2.45) is 46.3 Å². The maximum Gasteiger partial charge on any atom is 0.314 e. The molecule has 3 fully saturated rings. The Morgan fingerprint density at radius 3 is 1.70 bits per heavy atom. The minimum Gasteiger partial charge on any atom is -0.469 e. The van der Waals surface area contributed by atoms with Crippen LogP contribution in [0.5, 0.6) is 0 Å². The third-order valence-corrected chi connectivity index (χ3v) is 10.2. The molecule has 0 aromatic heterocycles. The lowest BCUT2D eigenvalue weighted by atomic mass is 9.33. The number of methoxy groups -OCH3 is 2. The van der Waals surface area contributed by atoms with Crippen LogP contribution in [0, 0.1) is 46.3 Å². The third-order valence-electron chi connectivity index (χ3n) is 8.00. The van der Waals surface area contributed by atoms with Gasteiger partial charge >= 0.3 is 11.9 Å². The number of ether oxygens (including phenoxy) is 2. The van der Waals surface area contributed by atoms with Gasteiger partial charge in [0.2, 0.25) is 0 Å². The largest absolute Gasteiger partial charge is 0.469 e. The molecule has 0 N–H and O–H groups in total. The lowest BCUT2D eigenvalue weighted by Crippen LogP contribution is -2.74. The summed E-state index contributed by atoms with van der Waals surface area (Å²) in [6.45, 7) is 0. The molecule has 0 aromatic carbocycles. The standard InChI is InChI=1S/C21H24O4S2/c1-24-18(22)20-12-7-8-13(14(12)17(26-3)27-4)21(20,19(23)25-2)16-11-6-5-10(9-11)15(16)20/h5-8,10-13,15-16H,9H2,1-4H3/t10-,11+,12-,13+,15+,16-,20-,21+. The summed E-state index contributed by atoms with van der Waals surface area (Å²) in [6, 6.07) is 0. The minimum atomic E-state index is -0.824. The molecular formula is C21H24O4S2. The van der Waals surface area contributed by atoms with Crippen LogP contribution < -0.4 is 0 Å². The van der Waals surface area contributed by atoms with Gasteiger partial charge in [0.15, 0.2) is 0 Å². The quantitative estimate of drug-likeness (QED) is 0.528. The summed E-state index contributed by atoms with van der Waals surface area (Å²) in [5.41, 5.74) is -0.413. The van der Waals surface area contributed by atoms with Gasteiger partial charge in [0.25, 0.3) is 0 Å². The maximum absolute atomic E-state index is 13.5. The molecule has 6 heteroatoms. The molecule has 5 rings (SSSR count). The predicted molar refractivity (Wildman–Crippen MR) is 107 cm³/mol. The fraction of sp³-hybridized carbons (Fsp3) is 0.619. The van der Waals surface area contributed by atoms with Crippen LogP contribution in [0.3, 0.4) is 0 Å². The lowest BCUT2D eigenvalue weighted by molar-refractivity contribution is -0.244. The molecule has 0 heterocycles. The molecule has 0 aliphatic heterocycles. The van der Waals surface area contributed by atoms with Gasteiger partial charge in [-0.3, -0.25) is 9.59 Å². The molecule has 0 amide bonds. The number of rotatable bonds is 4. The fourth-order valence-corrected chi connectivity index (χ4v) is 9.29. The lowest BCUT2D eigenvalue weighted by Gasteiger charge is -2.66. The Morgan fingerprint density at radius 2 is 1.33 bits per heavy atom. The number of carbonyl (C=O) groups excluding carboxylic acids is 2. The number of hydrogen-bond acceptors (Lipinski definition) is 6. The zero-order chi connectivity index (χ0) is 19.1. The number of carbonyl (C=O) groups is 2. The minimum absolute atomic E-state index is 0.0713. The van der Waals surface area contributed by atoms with Gasteiger partial charge in [0.05, 0.1) is 25.0 Å². The molecule has 27 heavy (non-hydrogen) atoms. The first-order valence-corrected chi connectivity index (χ1v) is 11.9. The van der Waals surface area contributed by atoms with Gasteiger partial charge in [-0.25, -0.2) is 0 Å². The molecule has 8 atom stereocenters. The van der Waals surface area contributed by atoms with E-state index in [0.717, 1.165) is 6.42 Å². The average Bonchev–Trinajstić information content (AvgIpc) is 3.41. The number of esters is 2. The van der Waals surface area contributed by atoms with E-state index in [1.54, 1.807) is 23.5 Å². The van der Waals surface area contributed by atoms with E-state index in [1.165, 1.54) is 24.0 Å². The van der Waals surface area contributed by atoms with Crippen LogP contribution in [0.2, 0.25) is 0 Å². The van der Waals surface area contributed by atoms with Crippen LogP contribution in [0.15, 0.2) is 34.1 Å². The van der Waals surface area contributed by atoms with Crippen LogP contribution in [0.1, 0.15) is 6.42 Å².